The molecule has 0 saturated heterocycles. The summed E-state index contributed by atoms with van der Waals surface area (Å²) in [6, 6.07) is 12.6. The minimum atomic E-state index is 0.972. The number of pyridine rings is 1. The van der Waals surface area contributed by atoms with Gasteiger partial charge in [-0.25, -0.2) is 4.98 Å². The molecular weight excluding hydrogens is 222 g/mol. The maximum absolute atomic E-state index is 4.67. The number of hydrogen-bond acceptors (Lipinski definition) is 2. The van der Waals surface area contributed by atoms with Gasteiger partial charge in [-0.3, -0.25) is 0 Å². The van der Waals surface area contributed by atoms with Crippen LogP contribution in [0.5, 0.6) is 0 Å². The Bertz CT molecular complexity index is 694. The predicted octanol–water partition coefficient (Wildman–Crippen LogP) is 2.99. The standard InChI is InChI=1S/C15H13N3/c1-2-4-13-10-18(9-12(13)3-1)14-6-5-11-7-8-16-15(11)17-14/h1-6,9-10H,7-8H2,(H,16,17). The van der Waals surface area contributed by atoms with E-state index < -0.39 is 0 Å². The molecule has 0 bridgehead atoms. The van der Waals surface area contributed by atoms with Gasteiger partial charge in [-0.2, -0.15) is 0 Å². The van der Waals surface area contributed by atoms with E-state index in [1.807, 2.05) is 0 Å². The van der Waals surface area contributed by atoms with Gasteiger partial charge in [0.2, 0.25) is 0 Å². The second-order valence-electron chi connectivity index (χ2n) is 4.65. The molecule has 0 unspecified atom stereocenters. The van der Waals surface area contributed by atoms with E-state index in [2.05, 4.69) is 63.7 Å². The number of anilines is 1. The lowest BCUT2D eigenvalue weighted by atomic mass is 10.2. The van der Waals surface area contributed by atoms with E-state index in [9.17, 15) is 0 Å². The maximum atomic E-state index is 4.67. The summed E-state index contributed by atoms with van der Waals surface area (Å²) in [5.41, 5.74) is 1.32. The fourth-order valence-electron chi connectivity index (χ4n) is 2.51. The highest BCUT2D eigenvalue weighted by Crippen LogP contribution is 2.23. The Morgan fingerprint density at radius 1 is 1.00 bits per heavy atom. The number of rotatable bonds is 1. The molecule has 3 heteroatoms. The van der Waals surface area contributed by atoms with E-state index in [0.717, 1.165) is 24.6 Å². The Morgan fingerprint density at radius 2 is 1.78 bits per heavy atom. The van der Waals surface area contributed by atoms with Gasteiger partial charge in [-0.1, -0.05) is 30.3 Å². The summed E-state index contributed by atoms with van der Waals surface area (Å²) in [5.74, 6) is 2.00. The van der Waals surface area contributed by atoms with Crippen molar-refractivity contribution in [3.8, 4) is 5.82 Å². The van der Waals surface area contributed by atoms with Crippen LogP contribution in [0, 0.1) is 0 Å². The summed E-state index contributed by atoms with van der Waals surface area (Å²) in [4.78, 5) is 4.67. The Hall–Kier alpha value is -2.29. The predicted molar refractivity (Wildman–Crippen MR) is 73.3 cm³/mol. The number of nitrogens with one attached hydrogen (secondary N) is 1. The summed E-state index contributed by atoms with van der Waals surface area (Å²) >= 11 is 0. The molecular formula is C15H13N3. The monoisotopic (exact) mass is 235 g/mol. The number of nitrogens with zero attached hydrogens (tertiary/aromatic N) is 2. The molecule has 0 aliphatic carbocycles. The van der Waals surface area contributed by atoms with Crippen molar-refractivity contribution in [2.45, 2.75) is 6.42 Å². The summed E-state index contributed by atoms with van der Waals surface area (Å²) in [7, 11) is 0. The largest absolute Gasteiger partial charge is 0.369 e. The van der Waals surface area contributed by atoms with Crippen LogP contribution in [0.3, 0.4) is 0 Å². The lowest BCUT2D eigenvalue weighted by Gasteiger charge is -2.04. The van der Waals surface area contributed by atoms with Crippen molar-refractivity contribution in [3.05, 3.63) is 54.4 Å². The fourth-order valence-corrected chi connectivity index (χ4v) is 2.51. The van der Waals surface area contributed by atoms with E-state index in [1.54, 1.807) is 0 Å². The molecule has 1 aromatic carbocycles. The number of benzene rings is 1. The first kappa shape index (κ1) is 9.71. The van der Waals surface area contributed by atoms with Gasteiger partial charge < -0.3 is 9.88 Å². The van der Waals surface area contributed by atoms with Gasteiger partial charge in [-0.05, 0) is 28.8 Å². The Balaban J connectivity index is 1.86. The zero-order valence-electron chi connectivity index (χ0n) is 9.93. The van der Waals surface area contributed by atoms with Crippen molar-refractivity contribution < 1.29 is 0 Å². The first-order valence-electron chi connectivity index (χ1n) is 6.21. The van der Waals surface area contributed by atoms with E-state index in [0.29, 0.717) is 0 Å². The van der Waals surface area contributed by atoms with E-state index >= 15 is 0 Å². The average Bonchev–Trinajstić information content (AvgIpc) is 3.04. The Morgan fingerprint density at radius 3 is 2.56 bits per heavy atom. The lowest BCUT2D eigenvalue weighted by Crippen LogP contribution is -1.98. The SMILES string of the molecule is c1ccc2cn(-c3ccc4c(n3)NCC4)cc2c1. The highest BCUT2D eigenvalue weighted by atomic mass is 15.1. The molecule has 3 heterocycles. The van der Waals surface area contributed by atoms with E-state index in [-0.39, 0.29) is 0 Å². The summed E-state index contributed by atoms with van der Waals surface area (Å²) < 4.78 is 2.09. The lowest BCUT2D eigenvalue weighted by molar-refractivity contribution is 1.01. The van der Waals surface area contributed by atoms with Crippen LogP contribution in [0.4, 0.5) is 5.82 Å². The van der Waals surface area contributed by atoms with Crippen LogP contribution in [0.2, 0.25) is 0 Å². The highest BCUT2D eigenvalue weighted by molar-refractivity contribution is 5.82. The molecule has 1 aliphatic heterocycles. The number of fused-ring (bicyclic) bond motifs is 2. The van der Waals surface area contributed by atoms with Crippen LogP contribution in [0.1, 0.15) is 5.56 Å². The van der Waals surface area contributed by atoms with Gasteiger partial charge in [0.15, 0.2) is 0 Å². The molecule has 1 N–H and O–H groups in total. The van der Waals surface area contributed by atoms with Crippen LogP contribution in [0.15, 0.2) is 48.8 Å². The summed E-state index contributed by atoms with van der Waals surface area (Å²) in [6.07, 6.45) is 5.33. The Labute approximate surface area is 105 Å². The zero-order valence-corrected chi connectivity index (χ0v) is 9.93. The van der Waals surface area contributed by atoms with Crippen LogP contribution < -0.4 is 5.32 Å². The van der Waals surface area contributed by atoms with E-state index in [1.165, 1.54) is 16.3 Å². The van der Waals surface area contributed by atoms with Crippen LogP contribution in [-0.4, -0.2) is 16.1 Å². The quantitative estimate of drug-likeness (QED) is 0.702. The van der Waals surface area contributed by atoms with Crippen molar-refractivity contribution in [3.63, 3.8) is 0 Å². The van der Waals surface area contributed by atoms with Gasteiger partial charge in [-0.15, -0.1) is 0 Å². The first-order chi connectivity index (χ1) is 8.90. The molecule has 0 fully saturated rings. The van der Waals surface area contributed by atoms with Gasteiger partial charge in [0, 0.05) is 18.9 Å². The van der Waals surface area contributed by atoms with Crippen LogP contribution >= 0.6 is 0 Å². The van der Waals surface area contributed by atoms with Crippen molar-refractivity contribution in [2.24, 2.45) is 0 Å². The second kappa shape index (κ2) is 3.60. The van der Waals surface area contributed by atoms with Gasteiger partial charge in [0.05, 0.1) is 0 Å². The van der Waals surface area contributed by atoms with Crippen molar-refractivity contribution in [1.29, 1.82) is 0 Å². The zero-order chi connectivity index (χ0) is 11.9. The minimum Gasteiger partial charge on any atom is -0.369 e. The molecule has 4 rings (SSSR count). The summed E-state index contributed by atoms with van der Waals surface area (Å²) in [6.45, 7) is 0.999. The van der Waals surface area contributed by atoms with Crippen LogP contribution in [0.25, 0.3) is 16.6 Å². The highest BCUT2D eigenvalue weighted by Gasteiger charge is 2.12. The molecule has 18 heavy (non-hydrogen) atoms. The van der Waals surface area contributed by atoms with Crippen LogP contribution in [-0.2, 0) is 6.42 Å². The van der Waals surface area contributed by atoms with Crippen molar-refractivity contribution in [1.82, 2.24) is 9.55 Å². The fraction of sp³-hybridized carbons (Fsp3) is 0.133. The topological polar surface area (TPSA) is 29.9 Å². The van der Waals surface area contributed by atoms with Gasteiger partial charge in [0.1, 0.15) is 11.6 Å². The van der Waals surface area contributed by atoms with Crippen molar-refractivity contribution >= 4 is 16.6 Å². The minimum absolute atomic E-state index is 0.972. The molecule has 1 aliphatic rings. The molecule has 88 valence electrons. The molecule has 0 saturated carbocycles. The molecule has 0 radical (unpaired) electrons. The normalized spacial score (nSPS) is 13.6. The van der Waals surface area contributed by atoms with Gasteiger partial charge in [0.25, 0.3) is 0 Å². The molecule has 0 spiro atoms. The smallest absolute Gasteiger partial charge is 0.139 e. The number of hydrogen-bond donors (Lipinski definition) is 1. The third kappa shape index (κ3) is 1.40. The number of aromatic nitrogens is 2. The molecule has 2 aromatic heterocycles. The van der Waals surface area contributed by atoms with Crippen molar-refractivity contribution in [2.75, 3.05) is 11.9 Å². The van der Waals surface area contributed by atoms with Gasteiger partial charge >= 0.3 is 0 Å². The molecule has 3 nitrogen and oxygen atoms in total. The Kier molecular flexibility index (Phi) is 1.94. The summed E-state index contributed by atoms with van der Waals surface area (Å²) in [5, 5.41) is 5.81. The first-order valence-corrected chi connectivity index (χ1v) is 6.21. The average molecular weight is 235 g/mol. The third-order valence-electron chi connectivity index (χ3n) is 3.47. The second-order valence-corrected chi connectivity index (χ2v) is 4.65. The molecule has 3 aromatic rings. The molecule has 0 amide bonds. The maximum Gasteiger partial charge on any atom is 0.139 e. The molecule has 0 atom stereocenters. The van der Waals surface area contributed by atoms with E-state index in [4.69, 9.17) is 0 Å². The third-order valence-corrected chi connectivity index (χ3v) is 3.47.